The van der Waals surface area contributed by atoms with Crippen molar-refractivity contribution in [3.05, 3.63) is 0 Å². The van der Waals surface area contributed by atoms with E-state index in [0.717, 1.165) is 26.1 Å². The van der Waals surface area contributed by atoms with Crippen LogP contribution in [0.4, 0.5) is 0 Å². The summed E-state index contributed by atoms with van der Waals surface area (Å²) in [7, 11) is 0. The molecule has 0 amide bonds. The summed E-state index contributed by atoms with van der Waals surface area (Å²) in [5, 5.41) is 5.15. The van der Waals surface area contributed by atoms with Crippen molar-refractivity contribution in [3.63, 3.8) is 0 Å². The fourth-order valence-corrected chi connectivity index (χ4v) is 1.41. The van der Waals surface area contributed by atoms with E-state index in [9.17, 15) is 4.79 Å². The molecule has 0 aromatic rings. The standard InChI is InChI=1S/C11H22N2O2/c1-5-9-8-13(7-6-12-9)15-10(14)11(2,3)4/h9,12H,5-8H2,1-4H3/t9-/m0/s1. The zero-order valence-corrected chi connectivity index (χ0v) is 10.2. The van der Waals surface area contributed by atoms with Gasteiger partial charge in [-0.2, -0.15) is 0 Å². The van der Waals surface area contributed by atoms with Crippen LogP contribution in [0.3, 0.4) is 0 Å². The molecule has 1 fully saturated rings. The van der Waals surface area contributed by atoms with E-state index in [1.54, 1.807) is 5.06 Å². The molecular formula is C11H22N2O2. The predicted molar refractivity (Wildman–Crippen MR) is 59.2 cm³/mol. The summed E-state index contributed by atoms with van der Waals surface area (Å²) in [5.41, 5.74) is -0.424. The number of hydrogen-bond donors (Lipinski definition) is 1. The Balaban J connectivity index is 2.41. The third-order valence-electron chi connectivity index (χ3n) is 2.54. The SMILES string of the molecule is CC[C@H]1CN(OC(=O)C(C)(C)C)CCN1. The van der Waals surface area contributed by atoms with Crippen LogP contribution in [0.5, 0.6) is 0 Å². The largest absolute Gasteiger partial charge is 0.367 e. The van der Waals surface area contributed by atoms with Gasteiger partial charge in [0, 0.05) is 19.1 Å². The van der Waals surface area contributed by atoms with Crippen LogP contribution in [-0.4, -0.2) is 36.7 Å². The van der Waals surface area contributed by atoms with Gasteiger partial charge < -0.3 is 10.2 Å². The van der Waals surface area contributed by atoms with E-state index in [2.05, 4.69) is 12.2 Å². The molecule has 1 atom stereocenters. The summed E-state index contributed by atoms with van der Waals surface area (Å²) >= 11 is 0. The molecule has 4 nitrogen and oxygen atoms in total. The lowest BCUT2D eigenvalue weighted by Crippen LogP contribution is -2.51. The first-order valence-electron chi connectivity index (χ1n) is 5.64. The molecule has 0 aromatic heterocycles. The van der Waals surface area contributed by atoms with Crippen LogP contribution < -0.4 is 5.32 Å². The van der Waals surface area contributed by atoms with E-state index in [1.807, 2.05) is 20.8 Å². The lowest BCUT2D eigenvalue weighted by molar-refractivity contribution is -0.205. The van der Waals surface area contributed by atoms with Crippen molar-refractivity contribution in [3.8, 4) is 0 Å². The van der Waals surface area contributed by atoms with Crippen molar-refractivity contribution in [2.75, 3.05) is 19.6 Å². The Morgan fingerprint density at radius 2 is 2.20 bits per heavy atom. The van der Waals surface area contributed by atoms with Crippen LogP contribution >= 0.6 is 0 Å². The maximum absolute atomic E-state index is 11.6. The predicted octanol–water partition coefficient (Wildman–Crippen LogP) is 1.17. The van der Waals surface area contributed by atoms with Gasteiger partial charge in [0.15, 0.2) is 0 Å². The number of hydrogen-bond acceptors (Lipinski definition) is 4. The van der Waals surface area contributed by atoms with E-state index < -0.39 is 5.41 Å². The highest BCUT2D eigenvalue weighted by Crippen LogP contribution is 2.16. The average Bonchev–Trinajstić information content (AvgIpc) is 2.16. The molecule has 0 bridgehead atoms. The van der Waals surface area contributed by atoms with Gasteiger partial charge in [-0.15, -0.1) is 5.06 Å². The topological polar surface area (TPSA) is 41.6 Å². The van der Waals surface area contributed by atoms with E-state index in [1.165, 1.54) is 0 Å². The van der Waals surface area contributed by atoms with Gasteiger partial charge in [0.05, 0.1) is 12.0 Å². The molecule has 1 rings (SSSR count). The maximum Gasteiger partial charge on any atom is 0.330 e. The minimum absolute atomic E-state index is 0.153. The Labute approximate surface area is 91.9 Å². The van der Waals surface area contributed by atoms with Crippen molar-refractivity contribution in [1.82, 2.24) is 10.4 Å². The molecule has 0 aliphatic carbocycles. The number of carbonyl (C=O) groups excluding carboxylic acids is 1. The third-order valence-corrected chi connectivity index (χ3v) is 2.54. The monoisotopic (exact) mass is 214 g/mol. The van der Waals surface area contributed by atoms with Crippen LogP contribution in [0.25, 0.3) is 0 Å². The van der Waals surface area contributed by atoms with Crippen molar-refractivity contribution in [2.24, 2.45) is 5.41 Å². The second kappa shape index (κ2) is 4.94. The molecule has 0 unspecified atom stereocenters. The molecule has 1 aliphatic heterocycles. The van der Waals surface area contributed by atoms with E-state index in [0.29, 0.717) is 6.04 Å². The zero-order chi connectivity index (χ0) is 11.5. The number of nitrogens with one attached hydrogen (secondary N) is 1. The molecule has 15 heavy (non-hydrogen) atoms. The van der Waals surface area contributed by atoms with Crippen molar-refractivity contribution in [1.29, 1.82) is 0 Å². The summed E-state index contributed by atoms with van der Waals surface area (Å²) in [5.74, 6) is -0.153. The molecule has 4 heteroatoms. The molecule has 1 saturated heterocycles. The Bertz CT molecular complexity index is 223. The molecule has 1 N–H and O–H groups in total. The quantitative estimate of drug-likeness (QED) is 0.749. The van der Waals surface area contributed by atoms with E-state index in [4.69, 9.17) is 4.84 Å². The molecule has 1 heterocycles. The highest BCUT2D eigenvalue weighted by Gasteiger charge is 2.28. The number of carbonyl (C=O) groups is 1. The summed E-state index contributed by atoms with van der Waals surface area (Å²) in [6.07, 6.45) is 1.06. The molecular weight excluding hydrogens is 192 g/mol. The Morgan fingerprint density at radius 3 is 2.73 bits per heavy atom. The minimum atomic E-state index is -0.424. The Hall–Kier alpha value is -0.610. The highest BCUT2D eigenvalue weighted by molar-refractivity contribution is 5.75. The van der Waals surface area contributed by atoms with Gasteiger partial charge in [-0.3, -0.25) is 0 Å². The number of hydroxylamine groups is 2. The van der Waals surface area contributed by atoms with Gasteiger partial charge in [-0.1, -0.05) is 6.92 Å². The third kappa shape index (κ3) is 3.80. The second-order valence-electron chi connectivity index (χ2n) is 5.08. The molecule has 0 aromatic carbocycles. The summed E-state index contributed by atoms with van der Waals surface area (Å²) in [6.45, 7) is 10.2. The van der Waals surface area contributed by atoms with Crippen molar-refractivity contribution in [2.45, 2.75) is 40.2 Å². The molecule has 88 valence electrons. The normalized spacial score (nSPS) is 23.9. The van der Waals surface area contributed by atoms with Gasteiger partial charge in [-0.25, -0.2) is 4.79 Å². The summed E-state index contributed by atoms with van der Waals surface area (Å²) < 4.78 is 0. The number of piperazine rings is 1. The Morgan fingerprint density at radius 1 is 1.53 bits per heavy atom. The smallest absolute Gasteiger partial charge is 0.330 e. The van der Waals surface area contributed by atoms with Crippen LogP contribution in [0.15, 0.2) is 0 Å². The fraction of sp³-hybridized carbons (Fsp3) is 0.909. The maximum atomic E-state index is 11.6. The molecule has 1 aliphatic rings. The van der Waals surface area contributed by atoms with Crippen LogP contribution in [0.1, 0.15) is 34.1 Å². The molecule has 0 spiro atoms. The minimum Gasteiger partial charge on any atom is -0.367 e. The number of nitrogens with zero attached hydrogens (tertiary/aromatic N) is 1. The van der Waals surface area contributed by atoms with Crippen LogP contribution in [-0.2, 0) is 9.63 Å². The lowest BCUT2D eigenvalue weighted by atomic mass is 9.98. The van der Waals surface area contributed by atoms with Crippen molar-refractivity contribution >= 4 is 5.97 Å². The fourth-order valence-electron chi connectivity index (χ4n) is 1.41. The van der Waals surface area contributed by atoms with Gasteiger partial charge in [0.1, 0.15) is 0 Å². The molecule has 0 radical (unpaired) electrons. The van der Waals surface area contributed by atoms with Gasteiger partial charge in [0.2, 0.25) is 0 Å². The summed E-state index contributed by atoms with van der Waals surface area (Å²) in [6, 6.07) is 0.437. The van der Waals surface area contributed by atoms with E-state index in [-0.39, 0.29) is 5.97 Å². The first-order chi connectivity index (χ1) is 6.93. The highest BCUT2D eigenvalue weighted by atomic mass is 16.7. The van der Waals surface area contributed by atoms with Gasteiger partial charge in [-0.05, 0) is 27.2 Å². The van der Waals surface area contributed by atoms with Crippen LogP contribution in [0, 0.1) is 5.41 Å². The van der Waals surface area contributed by atoms with Crippen LogP contribution in [0.2, 0.25) is 0 Å². The van der Waals surface area contributed by atoms with E-state index >= 15 is 0 Å². The summed E-state index contributed by atoms with van der Waals surface area (Å²) in [4.78, 5) is 17.0. The van der Waals surface area contributed by atoms with Crippen molar-refractivity contribution < 1.29 is 9.63 Å². The van der Waals surface area contributed by atoms with Gasteiger partial charge >= 0.3 is 5.97 Å². The zero-order valence-electron chi connectivity index (χ0n) is 10.2. The second-order valence-corrected chi connectivity index (χ2v) is 5.08. The lowest BCUT2D eigenvalue weighted by Gasteiger charge is -2.33. The molecule has 0 saturated carbocycles. The average molecular weight is 214 g/mol. The number of rotatable bonds is 2. The van der Waals surface area contributed by atoms with Gasteiger partial charge in [0.25, 0.3) is 0 Å². The first kappa shape index (κ1) is 12.5. The Kier molecular flexibility index (Phi) is 4.11. The first-order valence-corrected chi connectivity index (χ1v) is 5.64.